The van der Waals surface area contributed by atoms with Crippen LogP contribution >= 0.6 is 0 Å². The summed E-state index contributed by atoms with van der Waals surface area (Å²) in [7, 11) is 0. The molecule has 0 aliphatic rings. The summed E-state index contributed by atoms with van der Waals surface area (Å²) in [5, 5.41) is 62.9. The van der Waals surface area contributed by atoms with Gasteiger partial charge >= 0.3 is 5.97 Å². The van der Waals surface area contributed by atoms with Crippen LogP contribution in [0.2, 0.25) is 0 Å². The zero-order chi connectivity index (χ0) is 28.3. The van der Waals surface area contributed by atoms with Crippen LogP contribution < -0.4 is 5.32 Å². The Labute approximate surface area is 227 Å². The van der Waals surface area contributed by atoms with Crippen LogP contribution in [0.4, 0.5) is 0 Å². The van der Waals surface area contributed by atoms with Gasteiger partial charge in [-0.2, -0.15) is 0 Å². The topological polar surface area (TPSA) is 150 Å². The molecule has 1 rings (SSSR count). The van der Waals surface area contributed by atoms with E-state index < -0.39 is 24.3 Å². The number of carboxylic acid groups (broad SMARTS) is 1. The van der Waals surface area contributed by atoms with Gasteiger partial charge in [0, 0.05) is 12.5 Å². The maximum atomic E-state index is 11.0. The van der Waals surface area contributed by atoms with Crippen molar-refractivity contribution in [2.75, 3.05) is 13.2 Å². The van der Waals surface area contributed by atoms with E-state index in [4.69, 9.17) is 5.11 Å². The van der Waals surface area contributed by atoms with Gasteiger partial charge in [0.05, 0.1) is 24.9 Å². The second-order valence-corrected chi connectivity index (χ2v) is 10.0. The molecular weight excluding hydrogens is 486 g/mol. The van der Waals surface area contributed by atoms with Crippen molar-refractivity contribution in [3.63, 3.8) is 0 Å². The smallest absolute Gasteiger partial charge is 0.303 e. The summed E-state index contributed by atoms with van der Waals surface area (Å²) in [5.41, 5.74) is 2.66. The first-order valence-electron chi connectivity index (χ1n) is 14.0. The zero-order valence-corrected chi connectivity index (χ0v) is 23.1. The number of rotatable bonds is 21. The largest absolute Gasteiger partial charge is 0.508 e. The van der Waals surface area contributed by atoms with Crippen molar-refractivity contribution in [1.29, 1.82) is 0 Å². The minimum atomic E-state index is -1.03. The number of unbranched alkanes of at least 4 members (excludes halogenated alkanes) is 2. The first-order chi connectivity index (χ1) is 18.2. The maximum Gasteiger partial charge on any atom is 0.303 e. The van der Waals surface area contributed by atoms with Crippen molar-refractivity contribution in [3.05, 3.63) is 53.1 Å². The number of phenolic OH excluding ortho intramolecular Hbond substituents is 1. The molecule has 0 heterocycles. The van der Waals surface area contributed by atoms with Crippen molar-refractivity contribution in [2.45, 2.75) is 109 Å². The van der Waals surface area contributed by atoms with E-state index in [2.05, 4.69) is 5.32 Å². The number of hydrogen-bond acceptors (Lipinski definition) is 7. The molecule has 0 aliphatic carbocycles. The van der Waals surface area contributed by atoms with E-state index in [9.17, 15) is 30.3 Å². The number of carboxylic acids is 1. The number of allylic oxidation sites excluding steroid dienone is 2. The summed E-state index contributed by atoms with van der Waals surface area (Å²) in [6.07, 6.45) is 7.33. The Kier molecular flexibility index (Phi) is 17.6. The Morgan fingerprint density at radius 2 is 1.79 bits per heavy atom. The van der Waals surface area contributed by atoms with E-state index in [0.717, 1.165) is 55.4 Å². The number of hydrogen-bond donors (Lipinski definition) is 7. The molecule has 0 saturated heterocycles. The lowest BCUT2D eigenvalue weighted by atomic mass is 9.91. The number of carbonyl (C=O) groups is 1. The molecule has 8 nitrogen and oxygen atoms in total. The Morgan fingerprint density at radius 3 is 2.42 bits per heavy atom. The van der Waals surface area contributed by atoms with Crippen LogP contribution in [0, 0.1) is 0 Å². The molecule has 1 aromatic rings. The Hall–Kier alpha value is -2.23. The molecule has 0 radical (unpaired) electrons. The van der Waals surface area contributed by atoms with Crippen LogP contribution in [-0.2, 0) is 11.2 Å². The van der Waals surface area contributed by atoms with E-state index in [-0.39, 0.29) is 31.2 Å². The highest BCUT2D eigenvalue weighted by molar-refractivity contribution is 5.66. The lowest BCUT2D eigenvalue weighted by Crippen LogP contribution is -2.29. The van der Waals surface area contributed by atoms with E-state index in [1.165, 1.54) is 0 Å². The monoisotopic (exact) mass is 535 g/mol. The van der Waals surface area contributed by atoms with E-state index in [1.807, 2.05) is 19.9 Å². The lowest BCUT2D eigenvalue weighted by Gasteiger charge is -2.19. The molecule has 0 bridgehead atoms. The van der Waals surface area contributed by atoms with Crippen molar-refractivity contribution in [2.24, 2.45) is 0 Å². The summed E-state index contributed by atoms with van der Waals surface area (Å²) in [6, 6.07) is 7.04. The molecule has 0 aromatic heterocycles. The normalized spacial score (nSPS) is 15.7. The Morgan fingerprint density at radius 1 is 1.03 bits per heavy atom. The molecule has 8 heteroatoms. The third-order valence-corrected chi connectivity index (χ3v) is 6.67. The van der Waals surface area contributed by atoms with Gasteiger partial charge < -0.3 is 36.0 Å². The van der Waals surface area contributed by atoms with Gasteiger partial charge in [-0.1, -0.05) is 63.0 Å². The van der Waals surface area contributed by atoms with Gasteiger partial charge in [-0.05, 0) is 74.8 Å². The predicted molar refractivity (Wildman–Crippen MR) is 150 cm³/mol. The van der Waals surface area contributed by atoms with Crippen LogP contribution in [0.25, 0.3) is 0 Å². The molecule has 0 unspecified atom stereocenters. The fraction of sp³-hybridized carbons (Fsp3) is 0.633. The van der Waals surface area contributed by atoms with Crippen LogP contribution in [0.5, 0.6) is 5.75 Å². The standard InChI is InChI=1S/C30H49NO7/c1-3-5-13-28(35)29(36)16-14-24(18-22-9-8-12-26(33)19-22)23(20-27(34)21-32)10-6-7-11-25(31-4-2)15-17-30(37)38/h8-9,12,14,16,19,25,27-29,31-36H,3-7,10-11,13,15,17-18,20-21H2,1-2H3,(H,37,38)/b16-14+,24-23+/t25-,27+,28+,29-/m1/s1. The summed E-state index contributed by atoms with van der Waals surface area (Å²) in [5.74, 6) is -0.657. The lowest BCUT2D eigenvalue weighted by molar-refractivity contribution is -0.137. The fourth-order valence-corrected chi connectivity index (χ4v) is 4.52. The first kappa shape index (κ1) is 33.8. The van der Waals surface area contributed by atoms with E-state index in [1.54, 1.807) is 30.4 Å². The second-order valence-electron chi connectivity index (χ2n) is 10.0. The van der Waals surface area contributed by atoms with Crippen molar-refractivity contribution in [1.82, 2.24) is 5.32 Å². The van der Waals surface area contributed by atoms with Crippen molar-refractivity contribution in [3.8, 4) is 5.75 Å². The molecule has 0 fully saturated rings. The molecule has 0 aliphatic heterocycles. The van der Waals surface area contributed by atoms with Gasteiger partial charge in [-0.25, -0.2) is 0 Å². The number of aliphatic hydroxyl groups excluding tert-OH is 4. The van der Waals surface area contributed by atoms with Gasteiger partial charge in [0.25, 0.3) is 0 Å². The van der Waals surface area contributed by atoms with Gasteiger partial charge in [-0.15, -0.1) is 0 Å². The predicted octanol–water partition coefficient (Wildman–Crippen LogP) is 3.85. The number of benzene rings is 1. The number of nitrogens with one attached hydrogen (secondary N) is 1. The third-order valence-electron chi connectivity index (χ3n) is 6.67. The average Bonchev–Trinajstić information content (AvgIpc) is 2.89. The SMILES string of the molecule is CCCC[C@H](O)[C@H](O)/C=C/C(Cc1cccc(O)c1)=C(/CCCC[C@H](CCC(=O)O)NCC)C[C@H](O)CO. The average molecular weight is 536 g/mol. The molecule has 7 N–H and O–H groups in total. The molecule has 216 valence electrons. The van der Waals surface area contributed by atoms with E-state index >= 15 is 0 Å². The maximum absolute atomic E-state index is 11.0. The third kappa shape index (κ3) is 14.6. The molecule has 0 spiro atoms. The van der Waals surface area contributed by atoms with Gasteiger partial charge in [0.15, 0.2) is 0 Å². The molecule has 38 heavy (non-hydrogen) atoms. The summed E-state index contributed by atoms with van der Waals surface area (Å²) >= 11 is 0. The first-order valence-corrected chi connectivity index (χ1v) is 14.0. The van der Waals surface area contributed by atoms with Crippen LogP contribution in [-0.4, -0.2) is 74.1 Å². The Bertz CT molecular complexity index is 855. The summed E-state index contributed by atoms with van der Waals surface area (Å²) < 4.78 is 0. The van der Waals surface area contributed by atoms with Crippen LogP contribution in [0.15, 0.2) is 47.6 Å². The van der Waals surface area contributed by atoms with E-state index in [0.29, 0.717) is 25.7 Å². The fourth-order valence-electron chi connectivity index (χ4n) is 4.52. The second kappa shape index (κ2) is 19.8. The number of phenols is 1. The number of aliphatic hydroxyl groups is 4. The minimum Gasteiger partial charge on any atom is -0.508 e. The zero-order valence-electron chi connectivity index (χ0n) is 23.1. The highest BCUT2D eigenvalue weighted by Gasteiger charge is 2.16. The van der Waals surface area contributed by atoms with Gasteiger partial charge in [0.1, 0.15) is 5.75 Å². The number of aromatic hydroxyl groups is 1. The molecule has 0 saturated carbocycles. The van der Waals surface area contributed by atoms with Gasteiger partial charge in [0.2, 0.25) is 0 Å². The minimum absolute atomic E-state index is 0.122. The molecular formula is C30H49NO7. The summed E-state index contributed by atoms with van der Waals surface area (Å²) in [4.78, 5) is 11.0. The number of aliphatic carboxylic acids is 1. The highest BCUT2D eigenvalue weighted by Crippen LogP contribution is 2.25. The van der Waals surface area contributed by atoms with Crippen LogP contribution in [0.1, 0.15) is 83.6 Å². The molecule has 4 atom stereocenters. The summed E-state index contributed by atoms with van der Waals surface area (Å²) in [6.45, 7) is 4.42. The molecule has 0 amide bonds. The van der Waals surface area contributed by atoms with Gasteiger partial charge in [-0.3, -0.25) is 4.79 Å². The quantitative estimate of drug-likeness (QED) is 0.0927. The van der Waals surface area contributed by atoms with Crippen molar-refractivity contribution < 1.29 is 35.4 Å². The Balaban J connectivity index is 3.13. The highest BCUT2D eigenvalue weighted by atomic mass is 16.4. The van der Waals surface area contributed by atoms with Crippen molar-refractivity contribution >= 4 is 5.97 Å². The van der Waals surface area contributed by atoms with Crippen LogP contribution in [0.3, 0.4) is 0 Å². The molecule has 1 aromatic carbocycles.